The summed E-state index contributed by atoms with van der Waals surface area (Å²) in [4.78, 5) is 36.8. The van der Waals surface area contributed by atoms with Crippen molar-refractivity contribution in [3.63, 3.8) is 0 Å². The zero-order valence-corrected chi connectivity index (χ0v) is 12.3. The average molecular weight is 289 g/mol. The van der Waals surface area contributed by atoms with Crippen LogP contribution in [-0.4, -0.2) is 29.6 Å². The van der Waals surface area contributed by atoms with E-state index in [4.69, 9.17) is 4.74 Å². The molecule has 21 heavy (non-hydrogen) atoms. The number of ketones is 1. The molecule has 1 aliphatic heterocycles. The van der Waals surface area contributed by atoms with Crippen molar-refractivity contribution in [1.29, 1.82) is 0 Å². The molecular weight excluding hydrogens is 270 g/mol. The lowest BCUT2D eigenvalue weighted by molar-refractivity contribution is -0.144. The molecule has 112 valence electrons. The average Bonchev–Trinajstić information content (AvgIpc) is 2.62. The van der Waals surface area contributed by atoms with Crippen molar-refractivity contribution in [2.24, 2.45) is 0 Å². The first-order valence-electron chi connectivity index (χ1n) is 7.04. The summed E-state index contributed by atoms with van der Waals surface area (Å²) in [5.41, 5.74) is 1.22. The third kappa shape index (κ3) is 3.48. The summed E-state index contributed by atoms with van der Waals surface area (Å²) >= 11 is 0. The predicted octanol–water partition coefficient (Wildman–Crippen LogP) is 2.33. The molecule has 1 aliphatic rings. The van der Waals surface area contributed by atoms with Gasteiger partial charge in [-0.2, -0.15) is 0 Å². The molecule has 1 heterocycles. The number of Topliss-reactive ketones (excluding diaryl/α,β-unsaturated/α-hetero) is 1. The van der Waals surface area contributed by atoms with Gasteiger partial charge in [0, 0.05) is 24.0 Å². The number of rotatable bonds is 4. The van der Waals surface area contributed by atoms with Gasteiger partial charge < -0.3 is 4.74 Å². The number of ether oxygens (including phenoxy) is 1. The van der Waals surface area contributed by atoms with E-state index in [1.807, 2.05) is 0 Å². The highest BCUT2D eigenvalue weighted by Crippen LogP contribution is 2.24. The fourth-order valence-corrected chi connectivity index (χ4v) is 2.43. The van der Waals surface area contributed by atoms with Crippen molar-refractivity contribution in [1.82, 2.24) is 4.90 Å². The van der Waals surface area contributed by atoms with Crippen LogP contribution in [0.3, 0.4) is 0 Å². The summed E-state index contributed by atoms with van der Waals surface area (Å²) in [6.07, 6.45) is 2.26. The first-order chi connectivity index (χ1) is 10.0. The Morgan fingerprint density at radius 1 is 1.19 bits per heavy atom. The van der Waals surface area contributed by atoms with E-state index in [9.17, 15) is 14.4 Å². The van der Waals surface area contributed by atoms with E-state index < -0.39 is 0 Å². The summed E-state index contributed by atoms with van der Waals surface area (Å²) in [7, 11) is 1.53. The van der Waals surface area contributed by atoms with Crippen LogP contribution in [0.2, 0.25) is 0 Å². The van der Waals surface area contributed by atoms with Crippen LogP contribution in [0, 0.1) is 0 Å². The summed E-state index contributed by atoms with van der Waals surface area (Å²) in [6.45, 7) is 1.63. The summed E-state index contributed by atoms with van der Waals surface area (Å²) in [5.74, 6) is 0.192. The number of carbonyl (C=O) groups excluding carboxylic acids is 3. The molecule has 0 saturated carbocycles. The van der Waals surface area contributed by atoms with Gasteiger partial charge in [0.2, 0.25) is 11.8 Å². The van der Waals surface area contributed by atoms with Gasteiger partial charge in [0.05, 0.1) is 13.7 Å². The number of benzene rings is 1. The lowest BCUT2D eigenvalue weighted by Crippen LogP contribution is -2.34. The van der Waals surface area contributed by atoms with E-state index in [2.05, 4.69) is 0 Å². The highest BCUT2D eigenvalue weighted by Gasteiger charge is 2.25. The Bertz CT molecular complexity index is 562. The van der Waals surface area contributed by atoms with E-state index in [-0.39, 0.29) is 24.1 Å². The topological polar surface area (TPSA) is 63.7 Å². The molecular formula is C16H19NO4. The number of likely N-dealkylation sites (tertiary alicyclic amines) is 1. The van der Waals surface area contributed by atoms with Crippen LogP contribution in [0.1, 0.15) is 48.5 Å². The molecule has 0 bridgehead atoms. The van der Waals surface area contributed by atoms with Crippen molar-refractivity contribution < 1.29 is 19.1 Å². The van der Waals surface area contributed by atoms with Crippen LogP contribution in [0.25, 0.3) is 0 Å². The maximum Gasteiger partial charge on any atom is 0.229 e. The molecule has 0 unspecified atom stereocenters. The zero-order chi connectivity index (χ0) is 15.4. The van der Waals surface area contributed by atoms with Gasteiger partial charge in [-0.3, -0.25) is 19.3 Å². The van der Waals surface area contributed by atoms with E-state index >= 15 is 0 Å². The molecule has 0 atom stereocenters. The largest absolute Gasteiger partial charge is 0.496 e. The Balaban J connectivity index is 2.31. The highest BCUT2D eigenvalue weighted by atomic mass is 16.5. The third-order valence-electron chi connectivity index (χ3n) is 3.65. The fraction of sp³-hybridized carbons (Fsp3) is 0.438. The van der Waals surface area contributed by atoms with Crippen molar-refractivity contribution in [2.45, 2.75) is 39.2 Å². The van der Waals surface area contributed by atoms with E-state index in [0.29, 0.717) is 29.7 Å². The van der Waals surface area contributed by atoms with E-state index in [1.54, 1.807) is 18.2 Å². The number of nitrogens with zero attached hydrogens (tertiary/aromatic N) is 1. The lowest BCUT2D eigenvalue weighted by Gasteiger charge is -2.20. The zero-order valence-electron chi connectivity index (χ0n) is 12.3. The first-order valence-corrected chi connectivity index (χ1v) is 7.04. The summed E-state index contributed by atoms with van der Waals surface area (Å²) in [6, 6.07) is 5.06. The van der Waals surface area contributed by atoms with Crippen LogP contribution in [-0.2, 0) is 16.1 Å². The Kier molecular flexibility index (Phi) is 4.73. The Hall–Kier alpha value is -2.17. The minimum atomic E-state index is -0.159. The molecule has 5 nitrogen and oxygen atoms in total. The number of imide groups is 1. The quantitative estimate of drug-likeness (QED) is 0.630. The highest BCUT2D eigenvalue weighted by molar-refractivity contribution is 5.96. The molecule has 2 amide bonds. The molecule has 0 aliphatic carbocycles. The van der Waals surface area contributed by atoms with Crippen molar-refractivity contribution in [3.8, 4) is 5.75 Å². The fourth-order valence-electron chi connectivity index (χ4n) is 2.43. The minimum absolute atomic E-state index is 0.0626. The molecule has 0 N–H and O–H groups in total. The van der Waals surface area contributed by atoms with Crippen molar-refractivity contribution in [2.75, 3.05) is 7.11 Å². The Morgan fingerprint density at radius 3 is 2.33 bits per heavy atom. The van der Waals surface area contributed by atoms with Crippen LogP contribution in [0.4, 0.5) is 0 Å². The number of carbonyl (C=O) groups is 3. The smallest absolute Gasteiger partial charge is 0.229 e. The molecule has 2 rings (SSSR count). The van der Waals surface area contributed by atoms with Gasteiger partial charge in [-0.15, -0.1) is 0 Å². The molecule has 5 heteroatoms. The molecule has 1 saturated heterocycles. The molecule has 1 fully saturated rings. The second-order valence-corrected chi connectivity index (χ2v) is 5.16. The normalized spacial score (nSPS) is 15.8. The Morgan fingerprint density at radius 2 is 1.81 bits per heavy atom. The standard InChI is InChI=1S/C16H19NO4/c1-11(18)12-7-8-14(21-2)13(9-12)10-17-15(19)5-3-4-6-16(17)20/h7-9H,3-6,10H2,1-2H3. The first kappa shape index (κ1) is 15.2. The van der Waals surface area contributed by atoms with Gasteiger partial charge in [0.25, 0.3) is 0 Å². The summed E-state index contributed by atoms with van der Waals surface area (Å²) in [5, 5.41) is 0. The lowest BCUT2D eigenvalue weighted by atomic mass is 10.1. The second kappa shape index (κ2) is 6.52. The van der Waals surface area contributed by atoms with Crippen LogP contribution >= 0.6 is 0 Å². The SMILES string of the molecule is COc1ccc(C(C)=O)cc1CN1C(=O)CCCCC1=O. The molecule has 0 spiro atoms. The van der Waals surface area contributed by atoms with Crippen LogP contribution in [0.15, 0.2) is 18.2 Å². The Labute approximate surface area is 123 Å². The number of hydrogen-bond donors (Lipinski definition) is 0. The van der Waals surface area contributed by atoms with Gasteiger partial charge in [0.15, 0.2) is 5.78 Å². The van der Waals surface area contributed by atoms with Gasteiger partial charge in [-0.25, -0.2) is 0 Å². The maximum atomic E-state index is 12.0. The minimum Gasteiger partial charge on any atom is -0.496 e. The van der Waals surface area contributed by atoms with Crippen molar-refractivity contribution >= 4 is 17.6 Å². The van der Waals surface area contributed by atoms with Crippen molar-refractivity contribution in [3.05, 3.63) is 29.3 Å². The molecule has 1 aromatic rings. The van der Waals surface area contributed by atoms with E-state index in [1.165, 1.54) is 18.9 Å². The van der Waals surface area contributed by atoms with E-state index in [0.717, 1.165) is 12.8 Å². The maximum absolute atomic E-state index is 12.0. The molecule has 0 radical (unpaired) electrons. The number of methoxy groups -OCH3 is 1. The third-order valence-corrected chi connectivity index (χ3v) is 3.65. The summed E-state index contributed by atoms with van der Waals surface area (Å²) < 4.78 is 5.26. The van der Waals surface area contributed by atoms with Crippen LogP contribution in [0.5, 0.6) is 5.75 Å². The predicted molar refractivity (Wildman–Crippen MR) is 77.0 cm³/mol. The van der Waals surface area contributed by atoms with Gasteiger partial charge >= 0.3 is 0 Å². The molecule has 0 aromatic heterocycles. The van der Waals surface area contributed by atoms with Gasteiger partial charge in [-0.1, -0.05) is 0 Å². The van der Waals surface area contributed by atoms with Crippen LogP contribution < -0.4 is 4.74 Å². The number of amides is 2. The molecule has 1 aromatic carbocycles. The van der Waals surface area contributed by atoms with Gasteiger partial charge in [-0.05, 0) is 38.0 Å². The second-order valence-electron chi connectivity index (χ2n) is 5.16. The number of hydrogen-bond acceptors (Lipinski definition) is 4. The monoisotopic (exact) mass is 289 g/mol. The van der Waals surface area contributed by atoms with Gasteiger partial charge in [0.1, 0.15) is 5.75 Å².